The van der Waals surface area contributed by atoms with E-state index in [0.29, 0.717) is 12.0 Å². The third kappa shape index (κ3) is 7.72. The number of halogens is 3. The van der Waals surface area contributed by atoms with E-state index < -0.39 is 17.5 Å². The number of hydrogen-bond donors (Lipinski definition) is 0. The van der Waals surface area contributed by atoms with Crippen LogP contribution in [-0.2, 0) is 12.8 Å². The average molecular weight is 481 g/mol. The number of hydrogen-bond acceptors (Lipinski definition) is 0. The Morgan fingerprint density at radius 1 is 0.514 bits per heavy atom. The first-order chi connectivity index (χ1) is 17.0. The first-order valence-corrected chi connectivity index (χ1v) is 13.4. The molecule has 0 saturated heterocycles. The molecule has 0 aliphatic rings. The van der Waals surface area contributed by atoms with Crippen molar-refractivity contribution in [2.75, 3.05) is 0 Å². The van der Waals surface area contributed by atoms with Crippen molar-refractivity contribution < 1.29 is 13.2 Å². The van der Waals surface area contributed by atoms with E-state index in [1.54, 1.807) is 18.2 Å². The van der Waals surface area contributed by atoms with Gasteiger partial charge in [-0.3, -0.25) is 0 Å². The van der Waals surface area contributed by atoms with Gasteiger partial charge >= 0.3 is 0 Å². The first kappa shape index (κ1) is 27.0. The second-order valence-electron chi connectivity index (χ2n) is 9.62. The number of rotatable bonds is 14. The third-order valence-electron chi connectivity index (χ3n) is 6.83. The first-order valence-electron chi connectivity index (χ1n) is 13.4. The Balaban J connectivity index is 1.66. The molecule has 0 spiro atoms. The Morgan fingerprint density at radius 2 is 1.09 bits per heavy atom. The fourth-order valence-corrected chi connectivity index (χ4v) is 4.62. The summed E-state index contributed by atoms with van der Waals surface area (Å²) < 4.78 is 44.7. The van der Waals surface area contributed by atoms with Gasteiger partial charge in [-0.1, -0.05) is 114 Å². The van der Waals surface area contributed by atoms with Gasteiger partial charge in [0.2, 0.25) is 0 Å². The van der Waals surface area contributed by atoms with Crippen molar-refractivity contribution in [2.24, 2.45) is 0 Å². The second-order valence-corrected chi connectivity index (χ2v) is 9.62. The summed E-state index contributed by atoms with van der Waals surface area (Å²) in [7, 11) is 0. The summed E-state index contributed by atoms with van der Waals surface area (Å²) in [5.74, 6) is -2.36. The molecule has 188 valence electrons. The molecular weight excluding hydrogens is 441 g/mol. The Bertz CT molecular complexity index is 1050. The van der Waals surface area contributed by atoms with Gasteiger partial charge in [0.05, 0.1) is 0 Å². The molecule has 0 amide bonds. The van der Waals surface area contributed by atoms with Crippen LogP contribution in [-0.4, -0.2) is 0 Å². The molecule has 0 atom stereocenters. The van der Waals surface area contributed by atoms with Crippen molar-refractivity contribution in [3.8, 4) is 22.3 Å². The highest BCUT2D eigenvalue weighted by atomic mass is 19.2. The van der Waals surface area contributed by atoms with Crippen molar-refractivity contribution in [2.45, 2.75) is 90.9 Å². The zero-order valence-electron chi connectivity index (χ0n) is 21.3. The van der Waals surface area contributed by atoms with E-state index in [1.165, 1.54) is 62.6 Å². The summed E-state index contributed by atoms with van der Waals surface area (Å²) in [6, 6.07) is 16.0. The van der Waals surface area contributed by atoms with Crippen molar-refractivity contribution in [1.29, 1.82) is 0 Å². The molecule has 3 heteroatoms. The maximum absolute atomic E-state index is 15.0. The lowest BCUT2D eigenvalue weighted by molar-refractivity contribution is 0.496. The van der Waals surface area contributed by atoms with Crippen LogP contribution in [0.5, 0.6) is 0 Å². The molecule has 3 rings (SSSR count). The van der Waals surface area contributed by atoms with Crippen LogP contribution in [0.1, 0.15) is 89.2 Å². The fourth-order valence-electron chi connectivity index (χ4n) is 4.62. The average Bonchev–Trinajstić information content (AvgIpc) is 2.87. The predicted molar refractivity (Wildman–Crippen MR) is 142 cm³/mol. The maximum atomic E-state index is 15.0. The lowest BCUT2D eigenvalue weighted by Gasteiger charge is -2.11. The van der Waals surface area contributed by atoms with Crippen LogP contribution >= 0.6 is 0 Å². The zero-order valence-corrected chi connectivity index (χ0v) is 21.3. The van der Waals surface area contributed by atoms with E-state index in [9.17, 15) is 8.78 Å². The molecule has 3 aromatic carbocycles. The molecule has 0 fully saturated rings. The van der Waals surface area contributed by atoms with Crippen LogP contribution in [0.3, 0.4) is 0 Å². The molecule has 0 N–H and O–H groups in total. The molecule has 3 aromatic rings. The largest absolute Gasteiger partial charge is 0.206 e. The lowest BCUT2D eigenvalue weighted by Crippen LogP contribution is -1.99. The zero-order chi connectivity index (χ0) is 25.0. The lowest BCUT2D eigenvalue weighted by atomic mass is 9.96. The molecule has 0 radical (unpaired) electrons. The van der Waals surface area contributed by atoms with Gasteiger partial charge in [-0.2, -0.15) is 0 Å². The Morgan fingerprint density at radius 3 is 1.77 bits per heavy atom. The Labute approximate surface area is 209 Å². The van der Waals surface area contributed by atoms with Crippen LogP contribution in [0, 0.1) is 17.5 Å². The monoisotopic (exact) mass is 480 g/mol. The molecule has 0 aromatic heterocycles. The van der Waals surface area contributed by atoms with Crippen molar-refractivity contribution in [1.82, 2.24) is 0 Å². The quantitative estimate of drug-likeness (QED) is 0.201. The van der Waals surface area contributed by atoms with Crippen LogP contribution < -0.4 is 0 Å². The predicted octanol–water partition coefficient (Wildman–Crippen LogP) is 10.5. The van der Waals surface area contributed by atoms with Crippen LogP contribution in [0.2, 0.25) is 0 Å². The highest BCUT2D eigenvalue weighted by Crippen LogP contribution is 2.32. The van der Waals surface area contributed by atoms with E-state index in [0.717, 1.165) is 36.8 Å². The van der Waals surface area contributed by atoms with Crippen LogP contribution in [0.4, 0.5) is 13.2 Å². The highest BCUT2D eigenvalue weighted by Gasteiger charge is 2.17. The molecule has 0 unspecified atom stereocenters. The van der Waals surface area contributed by atoms with Gasteiger partial charge in [0, 0.05) is 11.1 Å². The van der Waals surface area contributed by atoms with Gasteiger partial charge in [0.25, 0.3) is 0 Å². The summed E-state index contributed by atoms with van der Waals surface area (Å²) in [5, 5.41) is 0. The third-order valence-corrected chi connectivity index (χ3v) is 6.83. The minimum absolute atomic E-state index is 0.0267. The van der Waals surface area contributed by atoms with Crippen molar-refractivity contribution >= 4 is 0 Å². The minimum Gasteiger partial charge on any atom is -0.206 e. The van der Waals surface area contributed by atoms with Crippen molar-refractivity contribution in [3.05, 3.63) is 83.2 Å². The molecule has 0 saturated carbocycles. The van der Waals surface area contributed by atoms with Crippen molar-refractivity contribution in [3.63, 3.8) is 0 Å². The molecule has 0 bridgehead atoms. The SMILES string of the molecule is CCCCCCCCCc1ccc(-c2ccc(-c3ccc(CCCCC)cc3)cc2F)c(F)c1F. The summed E-state index contributed by atoms with van der Waals surface area (Å²) in [6.07, 6.45) is 13.0. The highest BCUT2D eigenvalue weighted by molar-refractivity contribution is 5.71. The normalized spacial score (nSPS) is 11.2. The summed E-state index contributed by atoms with van der Waals surface area (Å²) in [4.78, 5) is 0. The minimum atomic E-state index is -0.964. The molecule has 0 nitrogen and oxygen atoms in total. The summed E-state index contributed by atoms with van der Waals surface area (Å²) in [5.41, 5.74) is 3.34. The molecular formula is C32H39F3. The van der Waals surface area contributed by atoms with Crippen LogP contribution in [0.15, 0.2) is 54.6 Å². The van der Waals surface area contributed by atoms with E-state index in [1.807, 2.05) is 12.1 Å². The van der Waals surface area contributed by atoms with E-state index in [4.69, 9.17) is 0 Å². The second kappa shape index (κ2) is 14.1. The number of unbranched alkanes of at least 4 members (excludes halogenated alkanes) is 8. The van der Waals surface area contributed by atoms with Gasteiger partial charge < -0.3 is 0 Å². The Hall–Kier alpha value is -2.55. The van der Waals surface area contributed by atoms with Gasteiger partial charge in [-0.05, 0) is 54.0 Å². The number of benzene rings is 3. The van der Waals surface area contributed by atoms with Crippen LogP contribution in [0.25, 0.3) is 22.3 Å². The standard InChI is InChI=1S/C32H39F3/c1-3-5-7-8-9-10-12-14-26-19-22-29(32(35)31(26)34)28-21-20-27(23-30(28)33)25-17-15-24(16-18-25)13-11-6-4-2/h15-23H,3-14H2,1-2H3. The van der Waals surface area contributed by atoms with E-state index in [2.05, 4.69) is 26.0 Å². The van der Waals surface area contributed by atoms with Gasteiger partial charge in [-0.25, -0.2) is 13.2 Å². The summed E-state index contributed by atoms with van der Waals surface area (Å²) in [6.45, 7) is 4.38. The maximum Gasteiger partial charge on any atom is 0.167 e. The topological polar surface area (TPSA) is 0 Å². The smallest absolute Gasteiger partial charge is 0.167 e. The molecule has 0 aliphatic carbocycles. The van der Waals surface area contributed by atoms with Gasteiger partial charge in [0.15, 0.2) is 11.6 Å². The number of aryl methyl sites for hydroxylation is 2. The Kier molecular flexibility index (Phi) is 10.9. The molecule has 0 heterocycles. The van der Waals surface area contributed by atoms with E-state index >= 15 is 4.39 Å². The molecule has 0 aliphatic heterocycles. The fraction of sp³-hybridized carbons (Fsp3) is 0.438. The van der Waals surface area contributed by atoms with Gasteiger partial charge in [0.1, 0.15) is 5.82 Å². The molecule has 35 heavy (non-hydrogen) atoms. The summed E-state index contributed by atoms with van der Waals surface area (Å²) >= 11 is 0. The van der Waals surface area contributed by atoms with Gasteiger partial charge in [-0.15, -0.1) is 0 Å². The van der Waals surface area contributed by atoms with E-state index in [-0.39, 0.29) is 11.1 Å².